The molecule has 2 aliphatic heterocycles. The van der Waals surface area contributed by atoms with Crippen LogP contribution in [0.25, 0.3) is 0 Å². The minimum absolute atomic E-state index is 0. The van der Waals surface area contributed by atoms with E-state index in [-0.39, 0.29) is 12.4 Å². The molecule has 5 nitrogen and oxygen atoms in total. The number of nitrogens with zero attached hydrogens (tertiary/aromatic N) is 1. The standard InChI is InChI=1S/C15H20F3N3O2S.ClH/c16-15(17,18)13(21-4-2-19-3-5-21)8-20-14(22)12-7-10-9-23-6-1-11(10)24-12;/h7,13,19H,1-6,8-9H2,(H,20,22);1H. The zero-order valence-electron chi connectivity index (χ0n) is 13.5. The van der Waals surface area contributed by atoms with E-state index in [0.29, 0.717) is 44.3 Å². The summed E-state index contributed by atoms with van der Waals surface area (Å²) in [5.41, 5.74) is 0.964. The topological polar surface area (TPSA) is 53.6 Å². The van der Waals surface area contributed by atoms with Gasteiger partial charge in [0.2, 0.25) is 0 Å². The van der Waals surface area contributed by atoms with E-state index >= 15 is 0 Å². The molecule has 1 fully saturated rings. The van der Waals surface area contributed by atoms with Crippen molar-refractivity contribution in [2.45, 2.75) is 25.2 Å². The summed E-state index contributed by atoms with van der Waals surface area (Å²) in [7, 11) is 0. The van der Waals surface area contributed by atoms with Gasteiger partial charge in [-0.2, -0.15) is 13.2 Å². The third kappa shape index (κ3) is 5.07. The number of fused-ring (bicyclic) bond motifs is 1. The van der Waals surface area contributed by atoms with Crippen molar-refractivity contribution in [3.8, 4) is 0 Å². The van der Waals surface area contributed by atoms with E-state index in [0.717, 1.165) is 16.9 Å². The molecule has 1 aromatic rings. The van der Waals surface area contributed by atoms with Gasteiger partial charge in [0.25, 0.3) is 5.91 Å². The van der Waals surface area contributed by atoms with Crippen LogP contribution in [0.4, 0.5) is 13.2 Å². The Labute approximate surface area is 154 Å². The van der Waals surface area contributed by atoms with Gasteiger partial charge < -0.3 is 15.4 Å². The molecule has 142 valence electrons. The quantitative estimate of drug-likeness (QED) is 0.810. The smallest absolute Gasteiger partial charge is 0.376 e. The van der Waals surface area contributed by atoms with E-state index in [1.807, 2.05) is 0 Å². The first-order valence-corrected chi connectivity index (χ1v) is 8.76. The van der Waals surface area contributed by atoms with E-state index in [2.05, 4.69) is 10.6 Å². The Morgan fingerprint density at radius 1 is 1.40 bits per heavy atom. The van der Waals surface area contributed by atoms with Crippen LogP contribution in [0, 0.1) is 0 Å². The maximum atomic E-state index is 13.3. The zero-order chi connectivity index (χ0) is 17.2. The molecular weight excluding hydrogens is 379 g/mol. The maximum absolute atomic E-state index is 13.3. The summed E-state index contributed by atoms with van der Waals surface area (Å²) in [4.78, 5) is 15.2. The molecule has 3 rings (SSSR count). The summed E-state index contributed by atoms with van der Waals surface area (Å²) >= 11 is 1.34. The van der Waals surface area contributed by atoms with Gasteiger partial charge >= 0.3 is 6.18 Å². The van der Waals surface area contributed by atoms with Crippen LogP contribution in [0.1, 0.15) is 20.1 Å². The van der Waals surface area contributed by atoms with Crippen LogP contribution >= 0.6 is 23.7 Å². The van der Waals surface area contributed by atoms with Crippen molar-refractivity contribution in [1.29, 1.82) is 0 Å². The lowest BCUT2D eigenvalue weighted by Crippen LogP contribution is -2.57. The lowest BCUT2D eigenvalue weighted by Gasteiger charge is -2.35. The van der Waals surface area contributed by atoms with Crippen LogP contribution in [0.3, 0.4) is 0 Å². The molecular formula is C15H21ClF3N3O2S. The lowest BCUT2D eigenvalue weighted by atomic mass is 10.2. The molecule has 2 aliphatic rings. The highest BCUT2D eigenvalue weighted by Crippen LogP contribution is 2.28. The van der Waals surface area contributed by atoms with Crippen molar-refractivity contribution in [1.82, 2.24) is 15.5 Å². The number of carbonyl (C=O) groups excluding carboxylic acids is 1. The summed E-state index contributed by atoms with van der Waals surface area (Å²) < 4.78 is 45.3. The van der Waals surface area contributed by atoms with E-state index in [1.165, 1.54) is 16.2 Å². The zero-order valence-corrected chi connectivity index (χ0v) is 15.2. The van der Waals surface area contributed by atoms with E-state index < -0.39 is 24.7 Å². The molecule has 3 heterocycles. The molecule has 1 saturated heterocycles. The van der Waals surface area contributed by atoms with Gasteiger partial charge in [0, 0.05) is 44.0 Å². The SMILES string of the molecule is Cl.O=C(NCC(N1CCNCC1)C(F)(F)F)c1cc2c(s1)CCOC2. The first kappa shape index (κ1) is 20.4. The Bertz CT molecular complexity index is 568. The fourth-order valence-electron chi connectivity index (χ4n) is 2.98. The second-order valence-electron chi connectivity index (χ2n) is 5.92. The summed E-state index contributed by atoms with van der Waals surface area (Å²) in [6, 6.07) is 0.0727. The molecule has 2 N–H and O–H groups in total. The maximum Gasteiger partial charge on any atom is 0.405 e. The number of ether oxygens (including phenoxy) is 1. The summed E-state index contributed by atoms with van der Waals surface area (Å²) in [5.74, 6) is -0.446. The van der Waals surface area contributed by atoms with Crippen molar-refractivity contribution >= 4 is 29.7 Å². The van der Waals surface area contributed by atoms with E-state index in [9.17, 15) is 18.0 Å². The molecule has 1 aromatic heterocycles. The average Bonchev–Trinajstić information content (AvgIpc) is 2.99. The van der Waals surface area contributed by atoms with Crippen molar-refractivity contribution < 1.29 is 22.7 Å². The van der Waals surface area contributed by atoms with Gasteiger partial charge in [-0.15, -0.1) is 23.7 Å². The molecule has 0 spiro atoms. The molecule has 1 unspecified atom stereocenters. The molecule has 0 aromatic carbocycles. The van der Waals surface area contributed by atoms with Crippen molar-refractivity contribution in [3.63, 3.8) is 0 Å². The second kappa shape index (κ2) is 8.68. The van der Waals surface area contributed by atoms with Gasteiger partial charge in [-0.05, 0) is 11.6 Å². The first-order valence-electron chi connectivity index (χ1n) is 7.94. The van der Waals surface area contributed by atoms with Crippen LogP contribution < -0.4 is 10.6 Å². The number of rotatable bonds is 4. The second-order valence-corrected chi connectivity index (χ2v) is 7.05. The number of thiophene rings is 1. The fourth-order valence-corrected chi connectivity index (χ4v) is 4.05. The van der Waals surface area contributed by atoms with Gasteiger partial charge in [0.05, 0.1) is 18.1 Å². The number of halogens is 4. The van der Waals surface area contributed by atoms with Crippen LogP contribution in [0.15, 0.2) is 6.07 Å². The molecule has 25 heavy (non-hydrogen) atoms. The highest BCUT2D eigenvalue weighted by molar-refractivity contribution is 7.14. The predicted molar refractivity (Wildman–Crippen MR) is 91.5 cm³/mol. The Morgan fingerprint density at radius 2 is 2.12 bits per heavy atom. The number of amides is 1. The average molecular weight is 400 g/mol. The number of alkyl halides is 3. The monoisotopic (exact) mass is 399 g/mol. The van der Waals surface area contributed by atoms with Crippen LogP contribution in [0.2, 0.25) is 0 Å². The Kier molecular flexibility index (Phi) is 7.10. The molecule has 1 atom stereocenters. The number of hydrogen-bond donors (Lipinski definition) is 2. The third-order valence-electron chi connectivity index (χ3n) is 4.28. The Hall–Kier alpha value is -0.870. The van der Waals surface area contributed by atoms with Crippen molar-refractivity contribution in [3.05, 3.63) is 21.4 Å². The first-order chi connectivity index (χ1) is 11.4. The summed E-state index contributed by atoms with van der Waals surface area (Å²) in [5, 5.41) is 5.49. The van der Waals surface area contributed by atoms with Crippen LogP contribution in [-0.4, -0.2) is 62.4 Å². The normalized spacial score (nSPS) is 19.6. The number of nitrogens with one attached hydrogen (secondary N) is 2. The number of hydrogen-bond acceptors (Lipinski definition) is 5. The lowest BCUT2D eigenvalue weighted by molar-refractivity contribution is -0.183. The highest BCUT2D eigenvalue weighted by Gasteiger charge is 2.43. The fraction of sp³-hybridized carbons (Fsp3) is 0.667. The largest absolute Gasteiger partial charge is 0.405 e. The molecule has 0 radical (unpaired) electrons. The highest BCUT2D eigenvalue weighted by atomic mass is 35.5. The van der Waals surface area contributed by atoms with Gasteiger partial charge in [0.15, 0.2) is 0 Å². The number of carbonyl (C=O) groups is 1. The van der Waals surface area contributed by atoms with Crippen LogP contribution in [0.5, 0.6) is 0 Å². The molecule has 0 bridgehead atoms. The predicted octanol–water partition coefficient (Wildman–Crippen LogP) is 1.81. The molecule has 0 aliphatic carbocycles. The van der Waals surface area contributed by atoms with E-state index in [4.69, 9.17) is 4.74 Å². The molecule has 0 saturated carbocycles. The number of piperazine rings is 1. The minimum Gasteiger partial charge on any atom is -0.376 e. The minimum atomic E-state index is -4.37. The van der Waals surface area contributed by atoms with Gasteiger partial charge in [-0.25, -0.2) is 0 Å². The molecule has 10 heteroatoms. The Morgan fingerprint density at radius 3 is 2.76 bits per heavy atom. The third-order valence-corrected chi connectivity index (χ3v) is 5.51. The molecule has 1 amide bonds. The van der Waals surface area contributed by atoms with E-state index in [1.54, 1.807) is 6.07 Å². The van der Waals surface area contributed by atoms with Crippen molar-refractivity contribution in [2.24, 2.45) is 0 Å². The Balaban J connectivity index is 0.00000225. The van der Waals surface area contributed by atoms with Crippen LogP contribution in [-0.2, 0) is 17.8 Å². The van der Waals surface area contributed by atoms with Gasteiger partial charge in [0.1, 0.15) is 6.04 Å². The van der Waals surface area contributed by atoms with Gasteiger partial charge in [-0.1, -0.05) is 0 Å². The van der Waals surface area contributed by atoms with Crippen molar-refractivity contribution in [2.75, 3.05) is 39.3 Å². The van der Waals surface area contributed by atoms with Gasteiger partial charge in [-0.3, -0.25) is 9.69 Å². The summed E-state index contributed by atoms with van der Waals surface area (Å²) in [6.07, 6.45) is -3.62. The summed E-state index contributed by atoms with van der Waals surface area (Å²) in [6.45, 7) is 2.35.